The van der Waals surface area contributed by atoms with Crippen molar-refractivity contribution in [2.45, 2.75) is 32.1 Å². The maximum atomic E-state index is 13.3. The number of carbonyl (C=O) groups excluding carboxylic acids is 1. The van der Waals surface area contributed by atoms with Gasteiger partial charge in [0.1, 0.15) is 11.6 Å². The van der Waals surface area contributed by atoms with Crippen molar-refractivity contribution in [1.29, 1.82) is 5.26 Å². The highest BCUT2D eigenvalue weighted by Crippen LogP contribution is 2.50. The van der Waals surface area contributed by atoms with Gasteiger partial charge in [-0.15, -0.1) is 0 Å². The maximum absolute atomic E-state index is 13.3. The summed E-state index contributed by atoms with van der Waals surface area (Å²) in [5.74, 6) is 1.10. The van der Waals surface area contributed by atoms with Gasteiger partial charge in [0.15, 0.2) is 11.6 Å². The second-order valence-corrected chi connectivity index (χ2v) is 7.74. The van der Waals surface area contributed by atoms with Crippen LogP contribution in [0.2, 0.25) is 0 Å². The zero-order chi connectivity index (χ0) is 21.5. The van der Waals surface area contributed by atoms with Gasteiger partial charge in [0, 0.05) is 28.8 Å². The predicted molar refractivity (Wildman–Crippen MR) is 119 cm³/mol. The summed E-state index contributed by atoms with van der Waals surface area (Å²) in [7, 11) is 0. The number of amidine groups is 1. The molecule has 0 amide bonds. The largest absolute Gasteiger partial charge is 0.494 e. The van der Waals surface area contributed by atoms with E-state index in [-0.39, 0.29) is 5.78 Å². The number of allylic oxidation sites excluding steroid dienone is 3. The molecule has 154 valence electrons. The van der Waals surface area contributed by atoms with Gasteiger partial charge in [0.2, 0.25) is 0 Å². The molecule has 5 rings (SSSR count). The third kappa shape index (κ3) is 2.85. The molecule has 2 heterocycles. The molecule has 2 aliphatic heterocycles. The van der Waals surface area contributed by atoms with E-state index in [4.69, 9.17) is 10.5 Å². The lowest BCUT2D eigenvalue weighted by atomic mass is 9.75. The van der Waals surface area contributed by atoms with Crippen LogP contribution >= 0.6 is 0 Å². The number of nitrogens with zero attached hydrogens (tertiary/aromatic N) is 3. The molecule has 6 nitrogen and oxygen atoms in total. The van der Waals surface area contributed by atoms with E-state index in [0.29, 0.717) is 41.6 Å². The number of ether oxygens (including phenoxy) is 1. The van der Waals surface area contributed by atoms with Crippen LogP contribution in [0.15, 0.2) is 76.2 Å². The van der Waals surface area contributed by atoms with Gasteiger partial charge in [0.05, 0.1) is 29.9 Å². The normalized spacial score (nSPS) is 19.9. The molecular formula is C25H22N4O2. The Hall–Kier alpha value is -3.85. The third-order valence-corrected chi connectivity index (χ3v) is 6.03. The molecule has 0 bridgehead atoms. The Balaban J connectivity index is 1.83. The summed E-state index contributed by atoms with van der Waals surface area (Å²) in [5.41, 5.74) is 10.8. The van der Waals surface area contributed by atoms with Gasteiger partial charge in [-0.25, -0.2) is 4.99 Å². The van der Waals surface area contributed by atoms with Crippen molar-refractivity contribution >= 4 is 17.3 Å². The number of benzene rings is 2. The first-order chi connectivity index (χ1) is 15.2. The Labute approximate surface area is 180 Å². The Morgan fingerprint density at radius 2 is 1.97 bits per heavy atom. The molecule has 6 heteroatoms. The standard InChI is InChI=1S/C25H22N4O2/c1-2-31-21-13-6-4-9-16(21)22-17(14-26)25-28-24(27)15-8-3-5-10-18(15)29(25)19-11-7-12-20(30)23(19)22/h3-6,8-10,13,22H,2,7,11-12H2,1H3,(H2,27,28)/t22-/m1/s1. The van der Waals surface area contributed by atoms with E-state index in [2.05, 4.69) is 11.1 Å². The number of anilines is 1. The van der Waals surface area contributed by atoms with Crippen molar-refractivity contribution in [2.75, 3.05) is 11.5 Å². The Kier molecular flexibility index (Phi) is 4.59. The first kappa shape index (κ1) is 19.1. The van der Waals surface area contributed by atoms with Gasteiger partial charge >= 0.3 is 0 Å². The monoisotopic (exact) mass is 410 g/mol. The smallest absolute Gasteiger partial charge is 0.161 e. The predicted octanol–water partition coefficient (Wildman–Crippen LogP) is 4.15. The van der Waals surface area contributed by atoms with Crippen LogP contribution in [0.25, 0.3) is 0 Å². The number of hydrogen-bond acceptors (Lipinski definition) is 6. The number of carbonyl (C=O) groups is 1. The van der Waals surface area contributed by atoms with Crippen molar-refractivity contribution in [1.82, 2.24) is 0 Å². The van der Waals surface area contributed by atoms with Crippen LogP contribution in [0.4, 0.5) is 5.69 Å². The van der Waals surface area contributed by atoms with Crippen LogP contribution in [0.5, 0.6) is 5.75 Å². The lowest BCUT2D eigenvalue weighted by molar-refractivity contribution is -0.116. The van der Waals surface area contributed by atoms with Crippen LogP contribution in [-0.4, -0.2) is 18.2 Å². The summed E-state index contributed by atoms with van der Waals surface area (Å²) in [4.78, 5) is 19.9. The minimum absolute atomic E-state index is 0.0735. The average Bonchev–Trinajstić information content (AvgIpc) is 2.79. The van der Waals surface area contributed by atoms with Gasteiger partial charge in [-0.3, -0.25) is 9.69 Å². The zero-order valence-electron chi connectivity index (χ0n) is 17.3. The maximum Gasteiger partial charge on any atom is 0.161 e. The lowest BCUT2D eigenvalue weighted by Crippen LogP contribution is -2.39. The molecule has 31 heavy (non-hydrogen) atoms. The number of ketones is 1. The molecule has 2 aromatic carbocycles. The summed E-state index contributed by atoms with van der Waals surface area (Å²) in [6.45, 7) is 2.41. The topological polar surface area (TPSA) is 91.7 Å². The van der Waals surface area contributed by atoms with E-state index in [1.165, 1.54) is 0 Å². The van der Waals surface area contributed by atoms with Gasteiger partial charge in [-0.1, -0.05) is 30.3 Å². The molecule has 2 N–H and O–H groups in total. The van der Waals surface area contributed by atoms with Crippen molar-refractivity contribution in [3.05, 3.63) is 82.3 Å². The number of rotatable bonds is 3. The Bertz CT molecular complexity index is 1230. The molecular weight excluding hydrogens is 388 g/mol. The number of hydrogen-bond donors (Lipinski definition) is 1. The number of aliphatic imine (C=N–C) groups is 1. The minimum Gasteiger partial charge on any atom is -0.494 e. The molecule has 0 saturated heterocycles. The van der Waals surface area contributed by atoms with E-state index in [1.54, 1.807) is 0 Å². The lowest BCUT2D eigenvalue weighted by Gasteiger charge is -2.42. The van der Waals surface area contributed by atoms with Gasteiger partial charge < -0.3 is 10.5 Å². The molecule has 1 aliphatic carbocycles. The van der Waals surface area contributed by atoms with Crippen LogP contribution in [0.1, 0.15) is 43.2 Å². The molecule has 1 atom stereocenters. The minimum atomic E-state index is -0.524. The molecule has 3 aliphatic rings. The highest BCUT2D eigenvalue weighted by Gasteiger charge is 2.43. The first-order valence-corrected chi connectivity index (χ1v) is 10.5. The zero-order valence-corrected chi connectivity index (χ0v) is 17.3. The fraction of sp³-hybridized carbons (Fsp3) is 0.240. The molecule has 0 spiro atoms. The van der Waals surface area contributed by atoms with Crippen molar-refractivity contribution in [3.8, 4) is 11.8 Å². The highest BCUT2D eigenvalue weighted by molar-refractivity contribution is 6.08. The molecule has 0 fully saturated rings. The van der Waals surface area contributed by atoms with Crippen LogP contribution in [0, 0.1) is 11.3 Å². The SMILES string of the molecule is CCOc1ccccc1[C@@H]1C(C#N)=C2N=C(N)c3ccccc3N2C2=C1C(=O)CCC2. The quantitative estimate of drug-likeness (QED) is 0.821. The molecule has 0 aromatic heterocycles. The van der Waals surface area contributed by atoms with Crippen molar-refractivity contribution in [3.63, 3.8) is 0 Å². The van der Waals surface area contributed by atoms with Crippen LogP contribution in [-0.2, 0) is 4.79 Å². The van der Waals surface area contributed by atoms with Gasteiger partial charge in [-0.05, 0) is 38.0 Å². The summed E-state index contributed by atoms with van der Waals surface area (Å²) >= 11 is 0. The fourth-order valence-corrected chi connectivity index (χ4v) is 4.79. The van der Waals surface area contributed by atoms with E-state index in [0.717, 1.165) is 35.4 Å². The number of para-hydroxylation sites is 2. The Morgan fingerprint density at radius 1 is 1.19 bits per heavy atom. The molecule has 0 radical (unpaired) electrons. The fourth-order valence-electron chi connectivity index (χ4n) is 4.79. The van der Waals surface area contributed by atoms with E-state index in [9.17, 15) is 10.1 Å². The summed E-state index contributed by atoms with van der Waals surface area (Å²) in [5, 5.41) is 10.3. The number of Topliss-reactive ketones (excluding diaryl/α,β-unsaturated/α-hetero) is 1. The Morgan fingerprint density at radius 3 is 2.77 bits per heavy atom. The molecule has 0 saturated carbocycles. The highest BCUT2D eigenvalue weighted by atomic mass is 16.5. The number of nitrogens with two attached hydrogens (primary N) is 1. The van der Waals surface area contributed by atoms with Crippen molar-refractivity contribution < 1.29 is 9.53 Å². The number of fused-ring (bicyclic) bond motifs is 4. The number of nitriles is 1. The van der Waals surface area contributed by atoms with Crippen molar-refractivity contribution in [2.24, 2.45) is 10.7 Å². The van der Waals surface area contributed by atoms with Crippen LogP contribution < -0.4 is 15.4 Å². The van der Waals surface area contributed by atoms with E-state index >= 15 is 0 Å². The second-order valence-electron chi connectivity index (χ2n) is 7.74. The average molecular weight is 410 g/mol. The molecule has 0 unspecified atom stereocenters. The third-order valence-electron chi connectivity index (χ3n) is 6.03. The van der Waals surface area contributed by atoms with E-state index in [1.807, 2.05) is 60.4 Å². The second kappa shape index (κ2) is 7.44. The molecule has 2 aromatic rings. The summed E-state index contributed by atoms with van der Waals surface area (Å²) in [6.07, 6.45) is 1.98. The van der Waals surface area contributed by atoms with Gasteiger partial charge in [-0.2, -0.15) is 5.26 Å². The summed E-state index contributed by atoms with van der Waals surface area (Å²) < 4.78 is 5.87. The van der Waals surface area contributed by atoms with E-state index < -0.39 is 5.92 Å². The van der Waals surface area contributed by atoms with Crippen LogP contribution in [0.3, 0.4) is 0 Å². The summed E-state index contributed by atoms with van der Waals surface area (Å²) in [6, 6.07) is 17.7. The first-order valence-electron chi connectivity index (χ1n) is 10.5. The van der Waals surface area contributed by atoms with Gasteiger partial charge in [0.25, 0.3) is 0 Å².